The number of rotatable bonds is 6. The Morgan fingerprint density at radius 2 is 1.89 bits per heavy atom. The molecule has 0 unspecified atom stereocenters. The van der Waals surface area contributed by atoms with Crippen LogP contribution in [0.3, 0.4) is 0 Å². The minimum absolute atomic E-state index is 0.0543. The van der Waals surface area contributed by atoms with Crippen LogP contribution in [0.2, 0.25) is 0 Å². The van der Waals surface area contributed by atoms with E-state index in [-0.39, 0.29) is 5.69 Å². The lowest BCUT2D eigenvalue weighted by Crippen LogP contribution is -2.25. The smallest absolute Gasteiger partial charge is 0.416 e. The Labute approximate surface area is 205 Å². The predicted octanol–water partition coefficient (Wildman–Crippen LogP) is 6.35. The van der Waals surface area contributed by atoms with E-state index in [0.717, 1.165) is 23.2 Å². The first kappa shape index (κ1) is 23.8. The Bertz CT molecular complexity index is 1380. The second-order valence-corrected chi connectivity index (χ2v) is 8.73. The molecule has 2 aromatic heterocycles. The summed E-state index contributed by atoms with van der Waals surface area (Å²) in [7, 11) is 0. The van der Waals surface area contributed by atoms with Crippen LogP contribution in [-0.4, -0.2) is 26.6 Å². The van der Waals surface area contributed by atoms with Gasteiger partial charge < -0.3 is 15.4 Å². The Morgan fingerprint density at radius 1 is 1.06 bits per heavy atom. The van der Waals surface area contributed by atoms with Crippen LogP contribution in [0.4, 0.5) is 23.7 Å². The molecule has 4 aromatic rings. The maximum absolute atomic E-state index is 13.0. The Balaban J connectivity index is 1.27. The summed E-state index contributed by atoms with van der Waals surface area (Å²) in [4.78, 5) is 21.2. The van der Waals surface area contributed by atoms with Crippen LogP contribution in [0.15, 0.2) is 67.1 Å². The molecule has 0 radical (unpaired) electrons. The number of aromatic nitrogens is 3. The summed E-state index contributed by atoms with van der Waals surface area (Å²) < 4.78 is 46.1. The molecular weight excluding hydrogens is 471 g/mol. The largest absolute Gasteiger partial charge is 0.439 e. The summed E-state index contributed by atoms with van der Waals surface area (Å²) in [5.41, 5.74) is 0.640. The van der Waals surface area contributed by atoms with Gasteiger partial charge in [-0.25, -0.2) is 14.8 Å². The zero-order valence-electron chi connectivity index (χ0n) is 19.3. The van der Waals surface area contributed by atoms with Crippen molar-refractivity contribution < 1.29 is 22.7 Å². The number of hydrogen-bond acceptors (Lipinski definition) is 5. The van der Waals surface area contributed by atoms with Gasteiger partial charge in [0.1, 0.15) is 12.1 Å². The van der Waals surface area contributed by atoms with Crippen LogP contribution in [0.25, 0.3) is 10.9 Å². The summed E-state index contributed by atoms with van der Waals surface area (Å²) in [6, 6.07) is 13.2. The highest BCUT2D eigenvalue weighted by molar-refractivity contribution is 5.98. The fraction of sp³-hybridized carbons (Fsp3) is 0.269. The van der Waals surface area contributed by atoms with Gasteiger partial charge in [-0.1, -0.05) is 18.9 Å². The number of hydrogen-bond donors (Lipinski definition) is 2. The lowest BCUT2D eigenvalue weighted by molar-refractivity contribution is -0.137. The van der Waals surface area contributed by atoms with Gasteiger partial charge in [0.05, 0.1) is 16.8 Å². The molecule has 0 atom stereocenters. The molecule has 36 heavy (non-hydrogen) atoms. The molecule has 2 N–H and O–H groups in total. The molecule has 186 valence electrons. The second-order valence-electron chi connectivity index (χ2n) is 8.73. The van der Waals surface area contributed by atoms with Crippen LogP contribution in [0.5, 0.6) is 11.6 Å². The number of carbonyl (C=O) groups excluding carboxylic acids is 1. The zero-order chi connectivity index (χ0) is 25.1. The Kier molecular flexibility index (Phi) is 6.60. The predicted molar refractivity (Wildman–Crippen MR) is 129 cm³/mol. The standard InChI is InChI=1S/C26H24F3N5O2/c27-26(28,29)18-4-3-7-20(13-18)33-25(35)34-11-10-17-12-22(8-9-23(17)34)36-24-14-21(31-16-32-24)15-30-19-5-1-2-6-19/h3-4,7-14,16,19,30H,1-2,5-6,15H2,(H,33,35). The average Bonchev–Trinajstić information content (AvgIpc) is 3.52. The molecule has 2 aromatic carbocycles. The van der Waals surface area contributed by atoms with Crippen molar-refractivity contribution in [2.75, 3.05) is 5.32 Å². The van der Waals surface area contributed by atoms with E-state index in [4.69, 9.17) is 4.74 Å². The fourth-order valence-electron chi connectivity index (χ4n) is 4.35. The molecule has 0 saturated heterocycles. The maximum atomic E-state index is 13.0. The van der Waals surface area contributed by atoms with Gasteiger partial charge in [-0.3, -0.25) is 4.57 Å². The summed E-state index contributed by atoms with van der Waals surface area (Å²) >= 11 is 0. The van der Waals surface area contributed by atoms with Crippen LogP contribution >= 0.6 is 0 Å². The van der Waals surface area contributed by atoms with Crippen LogP contribution in [0, 0.1) is 0 Å². The quantitative estimate of drug-likeness (QED) is 0.326. The molecule has 5 rings (SSSR count). The second kappa shape index (κ2) is 9.98. The highest BCUT2D eigenvalue weighted by atomic mass is 19.4. The van der Waals surface area contributed by atoms with E-state index in [9.17, 15) is 18.0 Å². The number of anilines is 1. The first-order valence-electron chi connectivity index (χ1n) is 11.7. The number of nitrogens with zero attached hydrogens (tertiary/aromatic N) is 3. The van der Waals surface area contributed by atoms with Crippen molar-refractivity contribution in [2.24, 2.45) is 0 Å². The van der Waals surface area contributed by atoms with Gasteiger partial charge >= 0.3 is 12.2 Å². The molecule has 0 aliphatic heterocycles. The van der Waals surface area contributed by atoms with Crippen molar-refractivity contribution in [3.05, 3.63) is 78.4 Å². The molecule has 1 aliphatic carbocycles. The number of nitrogens with one attached hydrogen (secondary N) is 2. The van der Waals surface area contributed by atoms with E-state index in [2.05, 4.69) is 20.6 Å². The van der Waals surface area contributed by atoms with E-state index in [0.29, 0.717) is 29.7 Å². The van der Waals surface area contributed by atoms with Crippen LogP contribution in [-0.2, 0) is 12.7 Å². The van der Waals surface area contributed by atoms with Crippen molar-refractivity contribution in [3.8, 4) is 11.6 Å². The zero-order valence-corrected chi connectivity index (χ0v) is 19.3. The first-order chi connectivity index (χ1) is 17.3. The number of halogens is 3. The third-order valence-corrected chi connectivity index (χ3v) is 6.17. The van der Waals surface area contributed by atoms with E-state index >= 15 is 0 Å². The minimum Gasteiger partial charge on any atom is -0.439 e. The molecule has 10 heteroatoms. The maximum Gasteiger partial charge on any atom is 0.416 e. The van der Waals surface area contributed by atoms with Gasteiger partial charge in [0.2, 0.25) is 5.88 Å². The van der Waals surface area contributed by atoms with E-state index in [1.54, 1.807) is 36.5 Å². The van der Waals surface area contributed by atoms with E-state index in [1.807, 2.05) is 0 Å². The molecule has 7 nitrogen and oxygen atoms in total. The number of carbonyl (C=O) groups is 1. The molecule has 2 heterocycles. The number of alkyl halides is 3. The molecular formula is C26H24F3N5O2. The molecule has 1 saturated carbocycles. The number of fused-ring (bicyclic) bond motifs is 1. The third-order valence-electron chi connectivity index (χ3n) is 6.17. The highest BCUT2D eigenvalue weighted by Gasteiger charge is 2.30. The van der Waals surface area contributed by atoms with Crippen molar-refractivity contribution in [2.45, 2.75) is 44.4 Å². The Hall–Kier alpha value is -3.92. The van der Waals surface area contributed by atoms with Gasteiger partial charge in [-0.15, -0.1) is 0 Å². The minimum atomic E-state index is -4.49. The monoisotopic (exact) mass is 495 g/mol. The molecule has 1 aliphatic rings. The van der Waals surface area contributed by atoms with Crippen molar-refractivity contribution >= 4 is 22.6 Å². The molecule has 0 spiro atoms. The lowest BCUT2D eigenvalue weighted by atomic mass is 10.2. The van der Waals surface area contributed by atoms with Crippen molar-refractivity contribution in [1.29, 1.82) is 0 Å². The molecule has 0 bridgehead atoms. The Morgan fingerprint density at radius 3 is 2.69 bits per heavy atom. The summed E-state index contributed by atoms with van der Waals surface area (Å²) in [6.45, 7) is 0.645. The highest BCUT2D eigenvalue weighted by Crippen LogP contribution is 2.31. The lowest BCUT2D eigenvalue weighted by Gasteiger charge is -2.12. The molecule has 1 fully saturated rings. The van der Waals surface area contributed by atoms with Gasteiger partial charge in [-0.05, 0) is 55.3 Å². The number of benzene rings is 2. The van der Waals surface area contributed by atoms with Gasteiger partial charge in [0.15, 0.2) is 0 Å². The number of ether oxygens (including phenoxy) is 1. The summed E-state index contributed by atoms with van der Waals surface area (Å²) in [6.07, 6.45) is 3.41. The average molecular weight is 496 g/mol. The van der Waals surface area contributed by atoms with Crippen molar-refractivity contribution in [1.82, 2.24) is 19.9 Å². The van der Waals surface area contributed by atoms with E-state index in [1.165, 1.54) is 48.7 Å². The third kappa shape index (κ3) is 5.49. The SMILES string of the molecule is O=C(Nc1cccc(C(F)(F)F)c1)n1ccc2cc(Oc3cc(CNC4CCCC4)ncn3)ccc21. The van der Waals surface area contributed by atoms with E-state index < -0.39 is 17.8 Å². The normalized spacial score (nSPS) is 14.3. The van der Waals surface area contributed by atoms with Crippen LogP contribution < -0.4 is 15.4 Å². The van der Waals surface area contributed by atoms with Gasteiger partial charge in [-0.2, -0.15) is 13.2 Å². The summed E-state index contributed by atoms with van der Waals surface area (Å²) in [5.74, 6) is 0.946. The first-order valence-corrected chi connectivity index (χ1v) is 11.7. The van der Waals surface area contributed by atoms with Crippen molar-refractivity contribution in [3.63, 3.8) is 0 Å². The topological polar surface area (TPSA) is 81.1 Å². The van der Waals surface area contributed by atoms with Gasteiger partial charge in [0, 0.05) is 35.9 Å². The fourth-order valence-corrected chi connectivity index (χ4v) is 4.35. The van der Waals surface area contributed by atoms with Crippen LogP contribution in [0.1, 0.15) is 36.9 Å². The summed E-state index contributed by atoms with van der Waals surface area (Å²) in [5, 5.41) is 6.75. The van der Waals surface area contributed by atoms with Gasteiger partial charge in [0.25, 0.3) is 0 Å². The number of amides is 1. The molecule has 1 amide bonds.